The van der Waals surface area contributed by atoms with Crippen LogP contribution in [0.1, 0.15) is 36.8 Å². The molecule has 0 fully saturated rings. The van der Waals surface area contributed by atoms with Crippen molar-refractivity contribution in [3.05, 3.63) is 73.1 Å². The Kier molecular flexibility index (Phi) is 5.69. The number of aliphatic hydroxyl groups excluding tert-OH is 1. The minimum atomic E-state index is -1.01. The van der Waals surface area contributed by atoms with E-state index in [4.69, 9.17) is 42.8 Å². The van der Waals surface area contributed by atoms with Gasteiger partial charge in [-0.15, -0.1) is 0 Å². The third-order valence-electron chi connectivity index (χ3n) is 4.02. The van der Waals surface area contributed by atoms with Gasteiger partial charge in [0.15, 0.2) is 5.76 Å². The molecule has 1 aromatic carbocycles. The molecule has 1 unspecified atom stereocenters. The van der Waals surface area contributed by atoms with Crippen molar-refractivity contribution >= 4 is 29.2 Å². The number of esters is 1. The molecular formula is C19H17Cl2NO6. The zero-order valence-corrected chi connectivity index (χ0v) is 16.5. The molecule has 2 heterocycles. The average molecular weight is 426 g/mol. The fourth-order valence-electron chi connectivity index (χ4n) is 2.89. The van der Waals surface area contributed by atoms with Gasteiger partial charge in [0.2, 0.25) is 17.1 Å². The number of rotatable bonds is 4. The number of hydrogen-bond donors (Lipinski definition) is 2. The molecule has 0 aliphatic carbocycles. The first kappa shape index (κ1) is 20.3. The Labute approximate surface area is 170 Å². The second-order valence-corrected chi connectivity index (χ2v) is 7.12. The van der Waals surface area contributed by atoms with Gasteiger partial charge >= 0.3 is 5.97 Å². The van der Waals surface area contributed by atoms with Gasteiger partial charge in [-0.05, 0) is 25.5 Å². The van der Waals surface area contributed by atoms with Crippen LogP contribution in [0.15, 0.2) is 44.9 Å². The minimum Gasteiger partial charge on any atom is -0.459 e. The van der Waals surface area contributed by atoms with Gasteiger partial charge in [0, 0.05) is 6.07 Å². The van der Waals surface area contributed by atoms with Crippen molar-refractivity contribution in [2.45, 2.75) is 32.5 Å². The van der Waals surface area contributed by atoms with Crippen molar-refractivity contribution < 1.29 is 23.8 Å². The summed E-state index contributed by atoms with van der Waals surface area (Å²) in [5, 5.41) is 9.81. The average Bonchev–Trinajstić information content (AvgIpc) is 2.63. The molecule has 0 radical (unpaired) electrons. The molecule has 1 aromatic heterocycles. The van der Waals surface area contributed by atoms with E-state index in [1.807, 2.05) is 0 Å². The molecule has 0 bridgehead atoms. The summed E-state index contributed by atoms with van der Waals surface area (Å²) in [6, 6.07) is 5.91. The number of halogens is 2. The lowest BCUT2D eigenvalue weighted by molar-refractivity contribution is -0.143. The van der Waals surface area contributed by atoms with Crippen molar-refractivity contribution in [1.29, 1.82) is 0 Å². The molecule has 0 spiro atoms. The second kappa shape index (κ2) is 7.87. The first-order chi connectivity index (χ1) is 13.2. The summed E-state index contributed by atoms with van der Waals surface area (Å²) in [6.45, 7) is 2.83. The predicted molar refractivity (Wildman–Crippen MR) is 102 cm³/mol. The van der Waals surface area contributed by atoms with Gasteiger partial charge < -0.3 is 24.7 Å². The van der Waals surface area contributed by atoms with E-state index in [0.717, 1.165) is 6.07 Å². The van der Waals surface area contributed by atoms with Crippen LogP contribution in [0.2, 0.25) is 10.0 Å². The highest BCUT2D eigenvalue weighted by atomic mass is 35.5. The van der Waals surface area contributed by atoms with Crippen molar-refractivity contribution in [1.82, 2.24) is 0 Å². The molecule has 0 saturated heterocycles. The number of carbonyl (C=O) groups excluding carboxylic acids is 1. The van der Waals surface area contributed by atoms with E-state index in [0.29, 0.717) is 5.56 Å². The third-order valence-corrected chi connectivity index (χ3v) is 4.85. The summed E-state index contributed by atoms with van der Waals surface area (Å²) in [6.07, 6.45) is -0.430. The van der Waals surface area contributed by atoms with Crippen LogP contribution < -0.4 is 15.9 Å². The number of ether oxygens (including phenoxy) is 2. The van der Waals surface area contributed by atoms with Crippen molar-refractivity contribution in [3.8, 4) is 5.75 Å². The Morgan fingerprint density at radius 2 is 2.07 bits per heavy atom. The largest absolute Gasteiger partial charge is 0.459 e. The molecule has 7 nitrogen and oxygen atoms in total. The fourth-order valence-corrected chi connectivity index (χ4v) is 3.31. The Morgan fingerprint density at radius 1 is 1.36 bits per heavy atom. The van der Waals surface area contributed by atoms with Crippen LogP contribution in [0, 0.1) is 0 Å². The molecular weight excluding hydrogens is 409 g/mol. The molecule has 1 aliphatic rings. The minimum absolute atomic E-state index is 0.00690. The summed E-state index contributed by atoms with van der Waals surface area (Å²) >= 11 is 12.5. The van der Waals surface area contributed by atoms with Crippen LogP contribution in [0.4, 0.5) is 0 Å². The van der Waals surface area contributed by atoms with Gasteiger partial charge in [-0.25, -0.2) is 4.79 Å². The molecule has 0 saturated carbocycles. The summed E-state index contributed by atoms with van der Waals surface area (Å²) in [5.74, 6) is -2.30. The van der Waals surface area contributed by atoms with Gasteiger partial charge in [-0.1, -0.05) is 35.3 Å². The van der Waals surface area contributed by atoms with Crippen molar-refractivity contribution in [2.75, 3.05) is 0 Å². The monoisotopic (exact) mass is 425 g/mol. The lowest BCUT2D eigenvalue weighted by Gasteiger charge is -2.28. The predicted octanol–water partition coefficient (Wildman–Crippen LogP) is 3.09. The van der Waals surface area contributed by atoms with Crippen LogP contribution in [-0.2, 0) is 16.1 Å². The first-order valence-electron chi connectivity index (χ1n) is 8.34. The highest BCUT2D eigenvalue weighted by Crippen LogP contribution is 2.45. The number of hydrogen-bond acceptors (Lipinski definition) is 7. The van der Waals surface area contributed by atoms with E-state index in [-0.39, 0.29) is 38.8 Å². The number of benzene rings is 1. The maximum Gasteiger partial charge on any atom is 0.340 e. The number of fused-ring (bicyclic) bond motifs is 1. The zero-order chi connectivity index (χ0) is 20.6. The molecule has 9 heteroatoms. The Morgan fingerprint density at radius 3 is 2.71 bits per heavy atom. The molecule has 2 aromatic rings. The van der Waals surface area contributed by atoms with Crippen LogP contribution >= 0.6 is 23.2 Å². The smallest absolute Gasteiger partial charge is 0.340 e. The lowest BCUT2D eigenvalue weighted by atomic mass is 9.86. The van der Waals surface area contributed by atoms with E-state index in [1.165, 1.54) is 0 Å². The molecule has 148 valence electrons. The second-order valence-electron chi connectivity index (χ2n) is 6.34. The number of aliphatic hydroxyl groups is 1. The SMILES string of the molecule is CC(C)OC(=O)C1=C(N)Oc2c(oc(CO)cc2=O)C1c1cccc(Cl)c1Cl. The highest BCUT2D eigenvalue weighted by molar-refractivity contribution is 6.42. The van der Waals surface area contributed by atoms with Crippen molar-refractivity contribution in [2.24, 2.45) is 5.73 Å². The molecule has 28 heavy (non-hydrogen) atoms. The molecule has 3 rings (SSSR count). The van der Waals surface area contributed by atoms with E-state index < -0.39 is 30.0 Å². The Balaban J connectivity index is 2.31. The summed E-state index contributed by atoms with van der Waals surface area (Å²) in [7, 11) is 0. The topological polar surface area (TPSA) is 112 Å². The molecule has 0 amide bonds. The Bertz CT molecular complexity index is 1030. The van der Waals surface area contributed by atoms with Gasteiger partial charge in [0.1, 0.15) is 17.9 Å². The molecule has 3 N–H and O–H groups in total. The van der Waals surface area contributed by atoms with Crippen LogP contribution in [0.5, 0.6) is 5.75 Å². The lowest BCUT2D eigenvalue weighted by Crippen LogP contribution is -2.31. The van der Waals surface area contributed by atoms with Gasteiger partial charge in [0.05, 0.1) is 22.1 Å². The first-order valence-corrected chi connectivity index (χ1v) is 9.10. The number of carbonyl (C=O) groups is 1. The van der Waals surface area contributed by atoms with E-state index in [9.17, 15) is 14.7 Å². The van der Waals surface area contributed by atoms with Crippen LogP contribution in [0.3, 0.4) is 0 Å². The van der Waals surface area contributed by atoms with Gasteiger partial charge in [-0.3, -0.25) is 4.79 Å². The maximum atomic E-state index is 12.8. The van der Waals surface area contributed by atoms with Crippen molar-refractivity contribution in [3.63, 3.8) is 0 Å². The van der Waals surface area contributed by atoms with E-state index in [1.54, 1.807) is 32.0 Å². The summed E-state index contributed by atoms with van der Waals surface area (Å²) < 4.78 is 16.3. The third kappa shape index (κ3) is 3.61. The number of nitrogens with two attached hydrogens (primary N) is 1. The summed E-state index contributed by atoms with van der Waals surface area (Å²) in [5.41, 5.74) is 5.70. The van der Waals surface area contributed by atoms with Crippen LogP contribution in [-0.4, -0.2) is 17.2 Å². The summed E-state index contributed by atoms with van der Waals surface area (Å²) in [4.78, 5) is 25.2. The highest BCUT2D eigenvalue weighted by Gasteiger charge is 2.40. The van der Waals surface area contributed by atoms with Gasteiger partial charge in [-0.2, -0.15) is 0 Å². The zero-order valence-electron chi connectivity index (χ0n) is 15.0. The molecule has 1 aliphatic heterocycles. The molecule has 1 atom stereocenters. The van der Waals surface area contributed by atoms with Gasteiger partial charge in [0.25, 0.3) is 0 Å². The normalized spacial score (nSPS) is 16.0. The maximum absolute atomic E-state index is 12.8. The Hall–Kier alpha value is -2.48. The standard InChI is InChI=1S/C19H17Cl2NO6/c1-8(2)26-19(25)14-13(10-4-3-5-11(20)15(10)21)17-16(28-18(14)22)12(24)6-9(7-23)27-17/h3-6,8,13,23H,7,22H2,1-2H3. The fraction of sp³-hybridized carbons (Fsp3) is 0.263. The van der Waals surface area contributed by atoms with E-state index in [2.05, 4.69) is 0 Å². The van der Waals surface area contributed by atoms with Crippen LogP contribution in [0.25, 0.3) is 0 Å². The van der Waals surface area contributed by atoms with E-state index >= 15 is 0 Å². The quantitative estimate of drug-likeness (QED) is 0.723.